The number of benzene rings is 1. The van der Waals surface area contributed by atoms with Crippen molar-refractivity contribution in [1.82, 2.24) is 5.32 Å². The molecule has 0 atom stereocenters. The van der Waals surface area contributed by atoms with Crippen LogP contribution in [0.15, 0.2) is 18.2 Å². The zero-order valence-electron chi connectivity index (χ0n) is 11.1. The van der Waals surface area contributed by atoms with Crippen LogP contribution >= 0.6 is 0 Å². The van der Waals surface area contributed by atoms with Crippen LogP contribution in [0.4, 0.5) is 0 Å². The molecule has 1 amide bonds. The van der Waals surface area contributed by atoms with Crippen LogP contribution in [0.3, 0.4) is 0 Å². The van der Waals surface area contributed by atoms with Crippen molar-refractivity contribution < 1.29 is 14.3 Å². The van der Waals surface area contributed by atoms with E-state index in [1.54, 1.807) is 6.92 Å². The number of esters is 1. The van der Waals surface area contributed by atoms with Crippen LogP contribution in [0.5, 0.6) is 0 Å². The zero-order chi connectivity index (χ0) is 13.5. The van der Waals surface area contributed by atoms with Gasteiger partial charge in [-0.2, -0.15) is 0 Å². The number of hydrogen-bond acceptors (Lipinski definition) is 3. The van der Waals surface area contributed by atoms with Gasteiger partial charge in [-0.1, -0.05) is 23.8 Å². The maximum atomic E-state index is 11.7. The van der Waals surface area contributed by atoms with Gasteiger partial charge < -0.3 is 10.1 Å². The highest BCUT2D eigenvalue weighted by Crippen LogP contribution is 2.11. The van der Waals surface area contributed by atoms with Crippen molar-refractivity contribution >= 4 is 11.9 Å². The Hall–Kier alpha value is -1.84. The van der Waals surface area contributed by atoms with Crippen LogP contribution in [0, 0.1) is 13.8 Å². The number of amides is 1. The second-order valence-electron chi connectivity index (χ2n) is 4.19. The highest BCUT2D eigenvalue weighted by molar-refractivity contribution is 5.83. The van der Waals surface area contributed by atoms with Crippen molar-refractivity contribution in [2.24, 2.45) is 0 Å². The van der Waals surface area contributed by atoms with Gasteiger partial charge in [-0.15, -0.1) is 0 Å². The van der Waals surface area contributed by atoms with E-state index in [9.17, 15) is 9.59 Å². The monoisotopic (exact) mass is 249 g/mol. The van der Waals surface area contributed by atoms with E-state index in [2.05, 4.69) is 5.32 Å². The molecule has 18 heavy (non-hydrogen) atoms. The average molecular weight is 249 g/mol. The Morgan fingerprint density at radius 1 is 1.28 bits per heavy atom. The predicted octanol–water partition coefficient (Wildman–Crippen LogP) is 1.53. The van der Waals surface area contributed by atoms with Crippen molar-refractivity contribution in [3.05, 3.63) is 34.9 Å². The molecule has 0 aliphatic rings. The molecule has 0 unspecified atom stereocenters. The topological polar surface area (TPSA) is 55.4 Å². The van der Waals surface area contributed by atoms with E-state index in [1.165, 1.54) is 0 Å². The quantitative estimate of drug-likeness (QED) is 0.805. The minimum absolute atomic E-state index is 0.0719. The van der Waals surface area contributed by atoms with Gasteiger partial charge in [0, 0.05) is 0 Å². The lowest BCUT2D eigenvalue weighted by Crippen LogP contribution is -2.31. The summed E-state index contributed by atoms with van der Waals surface area (Å²) in [7, 11) is 0. The lowest BCUT2D eigenvalue weighted by atomic mass is 10.0. The van der Waals surface area contributed by atoms with E-state index in [-0.39, 0.29) is 18.9 Å². The first-order chi connectivity index (χ1) is 8.52. The summed E-state index contributed by atoms with van der Waals surface area (Å²) in [6, 6.07) is 5.98. The third kappa shape index (κ3) is 4.57. The first-order valence-electron chi connectivity index (χ1n) is 6.01. The molecule has 0 saturated heterocycles. The van der Waals surface area contributed by atoms with Gasteiger partial charge in [0.25, 0.3) is 0 Å². The smallest absolute Gasteiger partial charge is 0.325 e. The normalized spacial score (nSPS) is 9.94. The summed E-state index contributed by atoms with van der Waals surface area (Å²) in [5, 5.41) is 2.55. The van der Waals surface area contributed by atoms with E-state index in [0.717, 1.165) is 16.7 Å². The van der Waals surface area contributed by atoms with Crippen LogP contribution < -0.4 is 5.32 Å². The second-order valence-corrected chi connectivity index (χ2v) is 4.19. The fraction of sp³-hybridized carbons (Fsp3) is 0.429. The molecule has 0 bridgehead atoms. The summed E-state index contributed by atoms with van der Waals surface area (Å²) in [6.07, 6.45) is 0.285. The van der Waals surface area contributed by atoms with Crippen molar-refractivity contribution in [3.63, 3.8) is 0 Å². The predicted molar refractivity (Wildman–Crippen MR) is 69.3 cm³/mol. The number of nitrogens with one attached hydrogen (secondary N) is 1. The first-order valence-corrected chi connectivity index (χ1v) is 6.01. The van der Waals surface area contributed by atoms with Crippen LogP contribution in [0.1, 0.15) is 23.6 Å². The van der Waals surface area contributed by atoms with Gasteiger partial charge in [0.15, 0.2) is 0 Å². The van der Waals surface area contributed by atoms with E-state index in [4.69, 9.17) is 4.74 Å². The number of aryl methyl sites for hydroxylation is 2. The average Bonchev–Trinajstić information content (AvgIpc) is 2.32. The molecule has 0 heterocycles. The Morgan fingerprint density at radius 3 is 2.67 bits per heavy atom. The second kappa shape index (κ2) is 6.79. The maximum absolute atomic E-state index is 11.7. The van der Waals surface area contributed by atoms with Crippen molar-refractivity contribution in [1.29, 1.82) is 0 Å². The largest absolute Gasteiger partial charge is 0.465 e. The molecule has 1 N–H and O–H groups in total. The molecule has 1 aromatic carbocycles. The number of hydrogen-bond donors (Lipinski definition) is 1. The summed E-state index contributed by atoms with van der Waals surface area (Å²) >= 11 is 0. The molecule has 0 aliphatic heterocycles. The molecule has 98 valence electrons. The molecule has 0 saturated carbocycles. The minimum Gasteiger partial charge on any atom is -0.465 e. The van der Waals surface area contributed by atoms with E-state index in [0.29, 0.717) is 6.61 Å². The Balaban J connectivity index is 2.49. The number of carbonyl (C=O) groups is 2. The van der Waals surface area contributed by atoms with Gasteiger partial charge in [0.1, 0.15) is 6.54 Å². The summed E-state index contributed by atoms with van der Waals surface area (Å²) < 4.78 is 4.73. The Morgan fingerprint density at radius 2 is 2.00 bits per heavy atom. The molecule has 0 fully saturated rings. The maximum Gasteiger partial charge on any atom is 0.325 e. The van der Waals surface area contributed by atoms with Gasteiger partial charge in [0.2, 0.25) is 5.91 Å². The van der Waals surface area contributed by atoms with Gasteiger partial charge in [-0.25, -0.2) is 0 Å². The van der Waals surface area contributed by atoms with Crippen LogP contribution in [-0.4, -0.2) is 25.0 Å². The molecule has 0 radical (unpaired) electrons. The van der Waals surface area contributed by atoms with Crippen molar-refractivity contribution in [2.45, 2.75) is 27.2 Å². The van der Waals surface area contributed by atoms with Gasteiger partial charge >= 0.3 is 5.97 Å². The summed E-state index contributed by atoms with van der Waals surface area (Å²) in [5.74, 6) is -0.580. The molecule has 4 nitrogen and oxygen atoms in total. The Labute approximate surface area is 107 Å². The standard InChI is InChI=1S/C14H19NO3/c1-4-18-14(17)9-15-13(16)8-12-7-10(2)5-6-11(12)3/h5-7H,4,8-9H2,1-3H3,(H,15,16). The van der Waals surface area contributed by atoms with Crippen LogP contribution in [-0.2, 0) is 20.7 Å². The fourth-order valence-corrected chi connectivity index (χ4v) is 1.61. The minimum atomic E-state index is -0.410. The lowest BCUT2D eigenvalue weighted by molar-refractivity contribution is -0.143. The zero-order valence-corrected chi connectivity index (χ0v) is 11.1. The highest BCUT2D eigenvalue weighted by atomic mass is 16.5. The third-order valence-corrected chi connectivity index (χ3v) is 2.59. The molecule has 1 rings (SSSR count). The number of ether oxygens (including phenoxy) is 1. The van der Waals surface area contributed by atoms with Crippen molar-refractivity contribution in [3.8, 4) is 0 Å². The SMILES string of the molecule is CCOC(=O)CNC(=O)Cc1cc(C)ccc1C. The van der Waals surface area contributed by atoms with Crippen molar-refractivity contribution in [2.75, 3.05) is 13.2 Å². The molecule has 1 aromatic rings. The first kappa shape index (κ1) is 14.2. The molecular formula is C14H19NO3. The summed E-state index contributed by atoms with van der Waals surface area (Å²) in [6.45, 7) is 5.94. The third-order valence-electron chi connectivity index (χ3n) is 2.59. The summed E-state index contributed by atoms with van der Waals surface area (Å²) in [4.78, 5) is 22.7. The Kier molecular flexibility index (Phi) is 5.36. The Bertz CT molecular complexity index is 441. The van der Waals surface area contributed by atoms with E-state index < -0.39 is 5.97 Å². The van der Waals surface area contributed by atoms with Crippen LogP contribution in [0.2, 0.25) is 0 Å². The fourth-order valence-electron chi connectivity index (χ4n) is 1.61. The van der Waals surface area contributed by atoms with Gasteiger partial charge in [0.05, 0.1) is 13.0 Å². The number of carbonyl (C=O) groups excluding carboxylic acids is 2. The number of rotatable bonds is 5. The molecular weight excluding hydrogens is 230 g/mol. The molecule has 0 aromatic heterocycles. The van der Waals surface area contributed by atoms with Gasteiger partial charge in [-0.3, -0.25) is 9.59 Å². The lowest BCUT2D eigenvalue weighted by Gasteiger charge is -2.08. The van der Waals surface area contributed by atoms with E-state index in [1.807, 2.05) is 32.0 Å². The molecule has 4 heteroatoms. The van der Waals surface area contributed by atoms with Crippen LogP contribution in [0.25, 0.3) is 0 Å². The highest BCUT2D eigenvalue weighted by Gasteiger charge is 2.08. The van der Waals surface area contributed by atoms with Gasteiger partial charge in [-0.05, 0) is 31.9 Å². The summed E-state index contributed by atoms with van der Waals surface area (Å²) in [5.41, 5.74) is 3.18. The molecule has 0 aliphatic carbocycles. The van der Waals surface area contributed by atoms with E-state index >= 15 is 0 Å². The molecule has 0 spiro atoms.